The van der Waals surface area contributed by atoms with Crippen LogP contribution in [0.15, 0.2) is 0 Å². The molecule has 1 unspecified atom stereocenters. The molecule has 0 saturated carbocycles. The van der Waals surface area contributed by atoms with E-state index in [2.05, 4.69) is 5.32 Å². The molecule has 0 aliphatic heterocycles. The molecule has 0 bridgehead atoms. The van der Waals surface area contributed by atoms with Gasteiger partial charge in [-0.1, -0.05) is 0 Å². The highest BCUT2D eigenvalue weighted by atomic mass is 35.5. The number of nitrogens with one attached hydrogen (secondary N) is 1. The molecule has 0 fully saturated rings. The fraction of sp³-hybridized carbons (Fsp3) is 0.923. The van der Waals surface area contributed by atoms with Gasteiger partial charge in [-0.25, -0.2) is 0 Å². The van der Waals surface area contributed by atoms with Gasteiger partial charge in [-0.05, 0) is 41.5 Å². The highest BCUT2D eigenvalue weighted by molar-refractivity contribution is 5.85. The van der Waals surface area contributed by atoms with Crippen LogP contribution in [0.1, 0.15) is 41.5 Å². The summed E-state index contributed by atoms with van der Waals surface area (Å²) >= 11 is 0. The highest BCUT2D eigenvalue weighted by Crippen LogP contribution is 2.14. The van der Waals surface area contributed by atoms with E-state index in [0.717, 1.165) is 0 Å². The van der Waals surface area contributed by atoms with Crippen LogP contribution in [0.25, 0.3) is 0 Å². The van der Waals surface area contributed by atoms with Crippen molar-refractivity contribution in [1.29, 1.82) is 0 Å². The van der Waals surface area contributed by atoms with Crippen LogP contribution in [-0.4, -0.2) is 42.9 Å². The average molecular weight is 333 g/mol. The first-order valence-electron chi connectivity index (χ1n) is 6.35. The summed E-state index contributed by atoms with van der Waals surface area (Å²) in [7, 11) is 0. The Kier molecular flexibility index (Phi) is 13.2. The van der Waals surface area contributed by atoms with E-state index in [1.807, 2.05) is 41.5 Å². The molecule has 0 aromatic carbocycles. The third-order valence-corrected chi connectivity index (χ3v) is 1.90. The van der Waals surface area contributed by atoms with Crippen LogP contribution in [0, 0.1) is 0 Å². The maximum atomic E-state index is 11.9. The zero-order valence-electron chi connectivity index (χ0n) is 13.3. The topological polar surface area (TPSA) is 73.6 Å². The second-order valence-electron chi connectivity index (χ2n) is 6.22. The molecule has 124 valence electrons. The van der Waals surface area contributed by atoms with Crippen LogP contribution in [-0.2, 0) is 14.3 Å². The van der Waals surface area contributed by atoms with E-state index in [-0.39, 0.29) is 42.9 Å². The normalized spacial score (nSPS) is 12.9. The summed E-state index contributed by atoms with van der Waals surface area (Å²) in [4.78, 5) is 11.9. The van der Waals surface area contributed by atoms with Gasteiger partial charge < -0.3 is 20.5 Å². The van der Waals surface area contributed by atoms with E-state index in [4.69, 9.17) is 15.2 Å². The molecule has 0 radical (unpaired) electrons. The maximum absolute atomic E-state index is 11.9. The Morgan fingerprint density at radius 1 is 1.10 bits per heavy atom. The standard InChI is InChI=1S/C13H28N2O3.2ClH/c1-12(2,3)17-9-10(18-13(4,5)6)11(16)15-8-7-14;;/h10H,7-9,14H2,1-6H3,(H,15,16);2*1H. The van der Waals surface area contributed by atoms with Crippen LogP contribution in [0.5, 0.6) is 0 Å². The number of halogens is 2. The van der Waals surface area contributed by atoms with E-state index in [1.165, 1.54) is 0 Å². The fourth-order valence-corrected chi connectivity index (χ4v) is 1.22. The Balaban J connectivity index is -0.00000144. The van der Waals surface area contributed by atoms with Crippen molar-refractivity contribution < 1.29 is 14.3 Å². The molecular formula is C13H30Cl2N2O3. The third kappa shape index (κ3) is 14.3. The van der Waals surface area contributed by atoms with Crippen LogP contribution >= 0.6 is 24.8 Å². The van der Waals surface area contributed by atoms with Gasteiger partial charge in [0.25, 0.3) is 5.91 Å². The molecule has 0 spiro atoms. The van der Waals surface area contributed by atoms with Crippen LogP contribution in [0.4, 0.5) is 0 Å². The predicted molar refractivity (Wildman–Crippen MR) is 86.9 cm³/mol. The monoisotopic (exact) mass is 332 g/mol. The summed E-state index contributed by atoms with van der Waals surface area (Å²) in [5.41, 5.74) is 4.67. The minimum Gasteiger partial charge on any atom is -0.373 e. The average Bonchev–Trinajstić information content (AvgIpc) is 2.17. The van der Waals surface area contributed by atoms with Crippen molar-refractivity contribution >= 4 is 30.7 Å². The Hall–Kier alpha value is -0.0700. The largest absolute Gasteiger partial charge is 0.373 e. The van der Waals surface area contributed by atoms with E-state index in [1.54, 1.807) is 0 Å². The zero-order chi connectivity index (χ0) is 14.4. The van der Waals surface area contributed by atoms with Gasteiger partial charge in [0.2, 0.25) is 0 Å². The van der Waals surface area contributed by atoms with Crippen molar-refractivity contribution in [2.75, 3.05) is 19.7 Å². The summed E-state index contributed by atoms with van der Waals surface area (Å²) in [5.74, 6) is -0.181. The van der Waals surface area contributed by atoms with Gasteiger partial charge in [0.05, 0.1) is 17.8 Å². The first kappa shape index (κ1) is 24.9. The summed E-state index contributed by atoms with van der Waals surface area (Å²) in [6.07, 6.45) is -0.615. The number of hydrogen-bond acceptors (Lipinski definition) is 4. The summed E-state index contributed by atoms with van der Waals surface area (Å²) in [6.45, 7) is 12.6. The molecule has 0 aromatic heterocycles. The minimum atomic E-state index is -0.615. The van der Waals surface area contributed by atoms with Gasteiger partial charge >= 0.3 is 0 Å². The van der Waals surface area contributed by atoms with Crippen molar-refractivity contribution in [1.82, 2.24) is 5.32 Å². The molecule has 0 rings (SSSR count). The summed E-state index contributed by atoms with van der Waals surface area (Å²) < 4.78 is 11.3. The summed E-state index contributed by atoms with van der Waals surface area (Å²) in [6, 6.07) is 0. The molecule has 20 heavy (non-hydrogen) atoms. The molecule has 0 saturated heterocycles. The van der Waals surface area contributed by atoms with Crippen molar-refractivity contribution in [3.63, 3.8) is 0 Å². The van der Waals surface area contributed by atoms with Gasteiger partial charge in [-0.15, -0.1) is 24.8 Å². The van der Waals surface area contributed by atoms with E-state index in [9.17, 15) is 4.79 Å². The molecule has 0 heterocycles. The Morgan fingerprint density at radius 3 is 1.95 bits per heavy atom. The number of ether oxygens (including phenoxy) is 2. The zero-order valence-corrected chi connectivity index (χ0v) is 15.0. The van der Waals surface area contributed by atoms with E-state index >= 15 is 0 Å². The second-order valence-corrected chi connectivity index (χ2v) is 6.22. The van der Waals surface area contributed by atoms with Crippen molar-refractivity contribution in [2.45, 2.75) is 58.8 Å². The van der Waals surface area contributed by atoms with Crippen molar-refractivity contribution in [3.8, 4) is 0 Å². The molecule has 3 N–H and O–H groups in total. The Morgan fingerprint density at radius 2 is 1.60 bits per heavy atom. The Labute approximate surface area is 135 Å². The van der Waals surface area contributed by atoms with Gasteiger partial charge in [-0.2, -0.15) is 0 Å². The van der Waals surface area contributed by atoms with Gasteiger partial charge in [0.15, 0.2) is 6.10 Å². The van der Waals surface area contributed by atoms with Crippen LogP contribution in [0.3, 0.4) is 0 Å². The quantitative estimate of drug-likeness (QED) is 0.779. The van der Waals surface area contributed by atoms with Gasteiger partial charge in [-0.3, -0.25) is 4.79 Å². The summed E-state index contributed by atoms with van der Waals surface area (Å²) in [5, 5.41) is 2.72. The smallest absolute Gasteiger partial charge is 0.251 e. The molecule has 0 aliphatic rings. The van der Waals surface area contributed by atoms with Crippen molar-refractivity contribution in [2.24, 2.45) is 5.73 Å². The number of hydrogen-bond donors (Lipinski definition) is 2. The fourth-order valence-electron chi connectivity index (χ4n) is 1.22. The first-order valence-corrected chi connectivity index (χ1v) is 6.35. The van der Waals surface area contributed by atoms with Gasteiger partial charge in [0.1, 0.15) is 0 Å². The predicted octanol–water partition coefficient (Wildman–Crippen LogP) is 1.90. The first-order chi connectivity index (χ1) is 8.05. The molecule has 7 heteroatoms. The molecule has 5 nitrogen and oxygen atoms in total. The third-order valence-electron chi connectivity index (χ3n) is 1.90. The number of carbonyl (C=O) groups excluding carboxylic acids is 1. The lowest BCUT2D eigenvalue weighted by Gasteiger charge is -2.29. The lowest BCUT2D eigenvalue weighted by atomic mass is 10.1. The maximum Gasteiger partial charge on any atom is 0.251 e. The second kappa shape index (κ2) is 10.6. The highest BCUT2D eigenvalue weighted by Gasteiger charge is 2.27. The Bertz CT molecular complexity index is 263. The molecule has 1 amide bonds. The van der Waals surface area contributed by atoms with Crippen LogP contribution in [0.2, 0.25) is 0 Å². The van der Waals surface area contributed by atoms with Crippen molar-refractivity contribution in [3.05, 3.63) is 0 Å². The molecule has 0 aromatic rings. The lowest BCUT2D eigenvalue weighted by Crippen LogP contribution is -2.45. The number of rotatable bonds is 6. The minimum absolute atomic E-state index is 0. The van der Waals surface area contributed by atoms with E-state index < -0.39 is 11.7 Å². The number of carbonyl (C=O) groups is 1. The van der Waals surface area contributed by atoms with Gasteiger partial charge in [0, 0.05) is 13.1 Å². The molecular weight excluding hydrogens is 303 g/mol. The number of nitrogens with two attached hydrogens (primary N) is 1. The number of amides is 1. The van der Waals surface area contributed by atoms with Crippen LogP contribution < -0.4 is 11.1 Å². The van der Waals surface area contributed by atoms with E-state index in [0.29, 0.717) is 13.1 Å². The lowest BCUT2D eigenvalue weighted by molar-refractivity contribution is -0.155. The molecule has 0 aliphatic carbocycles. The SMILES string of the molecule is CC(C)(C)OCC(OC(C)(C)C)C(=O)NCCN.Cl.Cl. The molecule has 1 atom stereocenters.